The van der Waals surface area contributed by atoms with Crippen LogP contribution in [-0.2, 0) is 9.36 Å². The van der Waals surface area contributed by atoms with Crippen LogP contribution in [0, 0.1) is 0 Å². The summed E-state index contributed by atoms with van der Waals surface area (Å²) in [5, 5.41) is 10.1. The van der Waals surface area contributed by atoms with Gasteiger partial charge < -0.3 is 20.6 Å². The van der Waals surface area contributed by atoms with Crippen LogP contribution in [-0.4, -0.2) is 72.3 Å². The molecule has 9 nitrogen and oxygen atoms in total. The number of hydrogen-bond acceptors (Lipinski definition) is 4. The number of nitrogens with one attached hydrogen (secondary N) is 1. The van der Waals surface area contributed by atoms with Crippen molar-refractivity contribution in [3.8, 4) is 0 Å². The molecule has 0 atom stereocenters. The molecule has 0 bridgehead atoms. The Kier molecular flexibility index (Phi) is 8.79. The summed E-state index contributed by atoms with van der Waals surface area (Å²) in [6.07, 6.45) is -0.598. The van der Waals surface area contributed by atoms with Crippen LogP contribution in [0.15, 0.2) is 4.99 Å². The lowest BCUT2D eigenvalue weighted by atomic mass is 10.7. The number of quaternary nitrogens is 1. The number of carboxylic acids is 1. The molecule has 0 heterocycles. The number of nitrogens with two attached hydrogens (primary N) is 1. The molecule has 0 aromatic rings. The van der Waals surface area contributed by atoms with Crippen LogP contribution in [0.4, 0.5) is 0 Å². The van der Waals surface area contributed by atoms with Gasteiger partial charge in [0.05, 0.1) is 34.0 Å². The maximum absolute atomic E-state index is 10.1. The van der Waals surface area contributed by atoms with Crippen molar-refractivity contribution in [1.82, 2.24) is 5.32 Å². The van der Waals surface area contributed by atoms with E-state index in [4.69, 9.17) is 20.6 Å². The van der Waals surface area contributed by atoms with Crippen LogP contribution < -0.4 is 11.1 Å². The molecule has 6 N–H and O–H groups in total. The highest BCUT2D eigenvalue weighted by atomic mass is 31.2. The van der Waals surface area contributed by atoms with E-state index in [0.717, 1.165) is 0 Å². The standard InChI is InChI=1S/C5H14N3.C3H8NO5P/c1-7-5(6)8(2,3)4;5-3(6)1-4-2-10(7,8)9/h1-4H3,(H2,6,7);4H,1-2H2,(H,5,6)(H2,7,8,9)/q+1;. The second kappa shape index (κ2) is 8.17. The smallest absolute Gasteiger partial charge is 0.339 e. The van der Waals surface area contributed by atoms with Crippen molar-refractivity contribution >= 4 is 19.5 Å². The lowest BCUT2D eigenvalue weighted by Crippen LogP contribution is -2.46. The normalized spacial score (nSPS) is 12.7. The topological polar surface area (TPSA) is 145 Å². The lowest BCUT2D eigenvalue weighted by molar-refractivity contribution is -0.778. The van der Waals surface area contributed by atoms with Crippen LogP contribution in [0.3, 0.4) is 0 Å². The van der Waals surface area contributed by atoms with Crippen LogP contribution in [0.1, 0.15) is 0 Å². The number of aliphatic carboxylic acids is 1. The van der Waals surface area contributed by atoms with Gasteiger partial charge >= 0.3 is 13.6 Å². The average molecular weight is 285 g/mol. The summed E-state index contributed by atoms with van der Waals surface area (Å²) in [4.78, 5) is 30.0. The van der Waals surface area contributed by atoms with Gasteiger partial charge in [-0.25, -0.2) is 4.99 Å². The molecule has 0 radical (unpaired) electrons. The van der Waals surface area contributed by atoms with Crippen molar-refractivity contribution in [2.24, 2.45) is 10.7 Å². The monoisotopic (exact) mass is 285 g/mol. The molecule has 0 unspecified atom stereocenters. The Bertz CT molecular complexity index is 333. The summed E-state index contributed by atoms with van der Waals surface area (Å²) >= 11 is 0. The van der Waals surface area contributed by atoms with E-state index in [2.05, 4.69) is 10.3 Å². The highest BCUT2D eigenvalue weighted by Gasteiger charge is 2.12. The molecular weight excluding hydrogens is 263 g/mol. The number of nitrogens with zero attached hydrogens (tertiary/aromatic N) is 2. The minimum Gasteiger partial charge on any atom is -0.480 e. The number of rotatable bonds is 4. The highest BCUT2D eigenvalue weighted by Crippen LogP contribution is 2.31. The molecule has 0 aromatic heterocycles. The predicted molar refractivity (Wildman–Crippen MR) is 68.1 cm³/mol. The molecule has 0 amide bonds. The third kappa shape index (κ3) is 15.0. The minimum absolute atomic E-state index is 0.439. The summed E-state index contributed by atoms with van der Waals surface area (Å²) in [7, 11) is 3.52. The van der Waals surface area contributed by atoms with Crippen molar-refractivity contribution in [2.75, 3.05) is 41.0 Å². The zero-order valence-electron chi connectivity index (χ0n) is 11.0. The van der Waals surface area contributed by atoms with Gasteiger partial charge in [-0.2, -0.15) is 0 Å². The average Bonchev–Trinajstić information content (AvgIpc) is 2.13. The van der Waals surface area contributed by atoms with E-state index in [9.17, 15) is 9.36 Å². The number of carbonyl (C=O) groups is 1. The van der Waals surface area contributed by atoms with Crippen molar-refractivity contribution in [1.29, 1.82) is 0 Å². The maximum Gasteiger partial charge on any atom is 0.339 e. The van der Waals surface area contributed by atoms with Gasteiger partial charge in [0.2, 0.25) is 0 Å². The van der Waals surface area contributed by atoms with Crippen LogP contribution in [0.2, 0.25) is 0 Å². The van der Waals surface area contributed by atoms with E-state index in [1.807, 2.05) is 21.1 Å². The summed E-state index contributed by atoms with van der Waals surface area (Å²) in [6, 6.07) is 0. The summed E-state index contributed by atoms with van der Waals surface area (Å²) in [6.45, 7) is -0.439. The molecule has 0 fully saturated rings. The Morgan fingerprint density at radius 3 is 2.00 bits per heavy atom. The first kappa shape index (κ1) is 19.4. The number of guanidine groups is 1. The second-order valence-electron chi connectivity index (χ2n) is 4.24. The van der Waals surface area contributed by atoms with Crippen molar-refractivity contribution in [3.63, 3.8) is 0 Å². The fourth-order valence-electron chi connectivity index (χ4n) is 0.608. The van der Waals surface area contributed by atoms with Crippen molar-refractivity contribution in [3.05, 3.63) is 0 Å². The maximum atomic E-state index is 10.1. The van der Waals surface area contributed by atoms with E-state index in [-0.39, 0.29) is 0 Å². The molecule has 0 saturated heterocycles. The fraction of sp³-hybridized carbons (Fsp3) is 0.750. The second-order valence-corrected chi connectivity index (χ2v) is 5.88. The molecule has 0 aromatic carbocycles. The number of carboxylic acid groups (broad SMARTS) is 1. The molecular formula is C8H22N4O5P+. The van der Waals surface area contributed by atoms with E-state index < -0.39 is 26.4 Å². The Morgan fingerprint density at radius 1 is 1.39 bits per heavy atom. The molecule has 0 rings (SSSR count). The molecule has 0 spiro atoms. The molecule has 10 heteroatoms. The van der Waals surface area contributed by atoms with Crippen molar-refractivity contribution < 1.29 is 28.7 Å². The quantitative estimate of drug-likeness (QED) is 0.181. The Hall–Kier alpha value is -0.990. The Morgan fingerprint density at radius 2 is 1.83 bits per heavy atom. The highest BCUT2D eigenvalue weighted by molar-refractivity contribution is 7.51. The fourth-order valence-corrected chi connectivity index (χ4v) is 1.01. The molecule has 0 aliphatic rings. The predicted octanol–water partition coefficient (Wildman–Crippen LogP) is -1.57. The van der Waals surface area contributed by atoms with Gasteiger partial charge in [0.1, 0.15) is 0 Å². The van der Waals surface area contributed by atoms with E-state index >= 15 is 0 Å². The van der Waals surface area contributed by atoms with Crippen molar-refractivity contribution in [2.45, 2.75) is 0 Å². The van der Waals surface area contributed by atoms with Gasteiger partial charge in [0.15, 0.2) is 0 Å². The largest absolute Gasteiger partial charge is 0.480 e. The van der Waals surface area contributed by atoms with Crippen LogP contribution in [0.25, 0.3) is 0 Å². The van der Waals surface area contributed by atoms with Crippen LogP contribution >= 0.6 is 7.60 Å². The van der Waals surface area contributed by atoms with E-state index in [1.54, 1.807) is 7.05 Å². The van der Waals surface area contributed by atoms with Gasteiger partial charge in [-0.05, 0) is 0 Å². The number of aliphatic imine (C=N–C) groups is 1. The van der Waals surface area contributed by atoms with Gasteiger partial charge in [-0.3, -0.25) is 19.2 Å². The third-order valence-corrected chi connectivity index (χ3v) is 2.15. The molecule has 108 valence electrons. The van der Waals surface area contributed by atoms with Gasteiger partial charge in [-0.15, -0.1) is 0 Å². The summed E-state index contributed by atoms with van der Waals surface area (Å²) in [5.74, 6) is -0.501. The van der Waals surface area contributed by atoms with Crippen LogP contribution in [0.5, 0.6) is 0 Å². The summed E-state index contributed by atoms with van der Waals surface area (Å²) < 4.78 is 10.7. The van der Waals surface area contributed by atoms with Gasteiger partial charge in [-0.1, -0.05) is 0 Å². The molecule has 0 aliphatic heterocycles. The first-order valence-electron chi connectivity index (χ1n) is 4.91. The lowest BCUT2D eigenvalue weighted by Gasteiger charge is -2.20. The Balaban J connectivity index is 0. The molecule has 0 saturated carbocycles. The zero-order chi connectivity index (χ0) is 15.0. The molecule has 0 aliphatic carbocycles. The minimum atomic E-state index is -4.10. The SMILES string of the molecule is C/N=C(\N)[N+](C)(C)C.O=C(O)CNCP(=O)(O)O. The zero-order valence-corrected chi connectivity index (χ0v) is 11.9. The summed E-state index contributed by atoms with van der Waals surface area (Å²) in [5.41, 5.74) is 5.47. The first-order valence-corrected chi connectivity index (χ1v) is 6.71. The number of hydrogen-bond donors (Lipinski definition) is 5. The Labute approximate surface area is 106 Å². The van der Waals surface area contributed by atoms with E-state index in [0.29, 0.717) is 10.4 Å². The third-order valence-electron chi connectivity index (χ3n) is 1.51. The van der Waals surface area contributed by atoms with Gasteiger partial charge in [0, 0.05) is 7.05 Å². The molecule has 18 heavy (non-hydrogen) atoms. The van der Waals surface area contributed by atoms with E-state index in [1.165, 1.54) is 0 Å². The first-order chi connectivity index (χ1) is 7.90. The van der Waals surface area contributed by atoms with Gasteiger partial charge in [0.25, 0.3) is 5.96 Å².